The molecule has 2 atom stereocenters. The lowest BCUT2D eigenvalue weighted by Gasteiger charge is -2.19. The number of hydrogen-bond donors (Lipinski definition) is 0. The fraction of sp³-hybridized carbons (Fsp3) is 0.533. The number of carbonyl (C=O) groups is 1. The fourth-order valence-electron chi connectivity index (χ4n) is 1.45. The number of ether oxygens (including phenoxy) is 1. The van der Waals surface area contributed by atoms with Crippen LogP contribution in [-0.4, -0.2) is 15.9 Å². The van der Waals surface area contributed by atoms with Crippen molar-refractivity contribution in [3.63, 3.8) is 0 Å². The zero-order valence-electron chi connectivity index (χ0n) is 14.2. The van der Waals surface area contributed by atoms with Gasteiger partial charge in [-0.25, -0.2) is 0 Å². The van der Waals surface area contributed by atoms with Crippen LogP contribution in [0.3, 0.4) is 0 Å². The summed E-state index contributed by atoms with van der Waals surface area (Å²) in [6.45, 7) is 6.55. The molecule has 0 radical (unpaired) electrons. The summed E-state index contributed by atoms with van der Waals surface area (Å²) in [6.07, 6.45) is -8.09. The summed E-state index contributed by atoms with van der Waals surface area (Å²) in [6, 6.07) is 4.04. The van der Waals surface area contributed by atoms with Crippen LogP contribution in [0.25, 0.3) is 0 Å². The van der Waals surface area contributed by atoms with E-state index in [-0.39, 0.29) is 5.75 Å². The van der Waals surface area contributed by atoms with Crippen molar-refractivity contribution >= 4 is 16.9 Å². The molecule has 6 heteroatoms. The summed E-state index contributed by atoms with van der Waals surface area (Å²) in [7, 11) is 0. The molecular weight excluding hydrogens is 301 g/mol. The molecule has 1 rings (SSSR count). The minimum Gasteiger partial charge on any atom is -0.490 e. The molecule has 0 aromatic heterocycles. The molecule has 0 saturated carbocycles. The molecule has 1 aromatic rings. The predicted octanol–water partition coefficient (Wildman–Crippen LogP) is 4.92. The monoisotopic (exact) mass is 322 g/mol. The van der Waals surface area contributed by atoms with E-state index in [1.165, 1.54) is 13.0 Å². The van der Waals surface area contributed by atoms with Crippen LogP contribution in [0.5, 0.6) is 5.75 Å². The van der Waals surface area contributed by atoms with Gasteiger partial charge in [0.05, 0.1) is 13.3 Å². The van der Waals surface area contributed by atoms with Gasteiger partial charge in [0.1, 0.15) is 11.8 Å². The molecule has 0 unspecified atom stereocenters. The smallest absolute Gasteiger partial charge is 0.416 e. The highest BCUT2D eigenvalue weighted by atomic mass is 32.2. The third-order valence-electron chi connectivity index (χ3n) is 2.17. The maximum atomic E-state index is 12.7. The molecule has 0 aliphatic heterocycles. The molecule has 2 nitrogen and oxygen atoms in total. The standard InChI is InChI=1S/C15H19F3O2S/c1-10(8-13(19)21-14(2,3)4)20-12-7-5-6-11(9-12)15(16,17)18/h5-7,9-10H,8H2,1-4H3/t10-/m1/s1/i8D,10D/t8-,10-. The van der Waals surface area contributed by atoms with E-state index in [1.54, 1.807) is 20.8 Å². The van der Waals surface area contributed by atoms with Gasteiger partial charge >= 0.3 is 6.18 Å². The molecule has 1 aromatic carbocycles. The Morgan fingerprint density at radius 3 is 2.57 bits per heavy atom. The van der Waals surface area contributed by atoms with Gasteiger partial charge in [0.15, 0.2) is 5.12 Å². The van der Waals surface area contributed by atoms with Crippen LogP contribution in [0, 0.1) is 0 Å². The molecule has 0 aliphatic rings. The Labute approximate surface area is 129 Å². The fourth-order valence-corrected chi connectivity index (χ4v) is 2.28. The minimum absolute atomic E-state index is 0.205. The average molecular weight is 322 g/mol. The zero-order valence-corrected chi connectivity index (χ0v) is 13.1. The highest BCUT2D eigenvalue weighted by Crippen LogP contribution is 2.32. The van der Waals surface area contributed by atoms with E-state index in [9.17, 15) is 18.0 Å². The first-order chi connectivity index (χ1) is 10.2. The van der Waals surface area contributed by atoms with E-state index in [0.29, 0.717) is 0 Å². The molecule has 0 heterocycles. The highest BCUT2D eigenvalue weighted by molar-refractivity contribution is 8.14. The number of thioether (sulfide) groups is 1. The first-order valence-corrected chi connectivity index (χ1v) is 7.05. The van der Waals surface area contributed by atoms with Gasteiger partial charge in [0.25, 0.3) is 0 Å². The first kappa shape index (κ1) is 14.8. The Hall–Kier alpha value is -1.17. The third kappa shape index (κ3) is 6.89. The van der Waals surface area contributed by atoms with Crippen molar-refractivity contribution in [1.82, 2.24) is 0 Å². The van der Waals surface area contributed by atoms with Crippen molar-refractivity contribution in [3.8, 4) is 5.75 Å². The quantitative estimate of drug-likeness (QED) is 0.787. The Kier molecular flexibility index (Phi) is 4.73. The topological polar surface area (TPSA) is 26.3 Å². The Balaban J connectivity index is 2.92. The summed E-state index contributed by atoms with van der Waals surface area (Å²) in [5.41, 5.74) is -0.914. The number of halogens is 3. The molecule has 118 valence electrons. The largest absolute Gasteiger partial charge is 0.490 e. The van der Waals surface area contributed by atoms with Crippen LogP contribution in [0.4, 0.5) is 13.2 Å². The summed E-state index contributed by atoms with van der Waals surface area (Å²) < 4.78 is 58.7. The van der Waals surface area contributed by atoms with Crippen molar-refractivity contribution < 1.29 is 25.4 Å². The van der Waals surface area contributed by atoms with Crippen LogP contribution < -0.4 is 4.74 Å². The lowest BCUT2D eigenvalue weighted by Crippen LogP contribution is -2.19. The highest BCUT2D eigenvalue weighted by Gasteiger charge is 2.30. The van der Waals surface area contributed by atoms with Gasteiger partial charge in [-0.2, -0.15) is 13.2 Å². The molecule has 0 spiro atoms. The maximum Gasteiger partial charge on any atom is 0.416 e. The van der Waals surface area contributed by atoms with Gasteiger partial charge in [-0.3, -0.25) is 4.79 Å². The van der Waals surface area contributed by atoms with E-state index in [1.807, 2.05) is 0 Å². The summed E-state index contributed by atoms with van der Waals surface area (Å²) >= 11 is 0.903. The van der Waals surface area contributed by atoms with Crippen molar-refractivity contribution in [2.75, 3.05) is 0 Å². The van der Waals surface area contributed by atoms with Crippen molar-refractivity contribution in [2.24, 2.45) is 0 Å². The normalized spacial score (nSPS) is 18.2. The molecule has 0 aliphatic carbocycles. The number of rotatable bonds is 4. The van der Waals surface area contributed by atoms with Gasteiger partial charge in [-0.05, 0) is 25.1 Å². The van der Waals surface area contributed by atoms with E-state index in [0.717, 1.165) is 30.0 Å². The van der Waals surface area contributed by atoms with Crippen molar-refractivity contribution in [2.45, 2.75) is 51.1 Å². The number of alkyl halides is 3. The van der Waals surface area contributed by atoms with Crippen LogP contribution in [-0.2, 0) is 11.0 Å². The van der Waals surface area contributed by atoms with Crippen molar-refractivity contribution in [3.05, 3.63) is 29.8 Å². The number of hydrogen-bond acceptors (Lipinski definition) is 3. The second-order valence-corrected chi connectivity index (χ2v) is 7.25. The van der Waals surface area contributed by atoms with E-state index >= 15 is 0 Å². The Bertz CT molecular complexity index is 569. The summed E-state index contributed by atoms with van der Waals surface area (Å²) in [5, 5.41) is -0.568. The van der Waals surface area contributed by atoms with Gasteiger partial charge in [-0.1, -0.05) is 38.6 Å². The number of benzene rings is 1. The molecular formula is C15H19F3O2S. The summed E-state index contributed by atoms with van der Waals surface area (Å²) in [5.74, 6) is -0.205. The predicted molar refractivity (Wildman–Crippen MR) is 78.5 cm³/mol. The van der Waals surface area contributed by atoms with E-state index < -0.39 is 34.1 Å². The Morgan fingerprint density at radius 1 is 1.43 bits per heavy atom. The molecule has 0 fully saturated rings. The first-order valence-electron chi connectivity index (χ1n) is 7.31. The van der Waals surface area contributed by atoms with Gasteiger partial charge in [0, 0.05) is 6.12 Å². The maximum absolute atomic E-state index is 12.7. The second kappa shape index (κ2) is 6.73. The minimum atomic E-state index is -4.53. The van der Waals surface area contributed by atoms with E-state index in [2.05, 4.69) is 0 Å². The van der Waals surface area contributed by atoms with Crippen LogP contribution in [0.2, 0.25) is 0 Å². The molecule has 0 bridgehead atoms. The van der Waals surface area contributed by atoms with Crippen LogP contribution in [0.15, 0.2) is 24.3 Å². The van der Waals surface area contributed by atoms with E-state index in [4.69, 9.17) is 7.48 Å². The van der Waals surface area contributed by atoms with Gasteiger partial charge in [0.2, 0.25) is 0 Å². The van der Waals surface area contributed by atoms with Crippen LogP contribution in [0.1, 0.15) is 42.4 Å². The molecule has 0 amide bonds. The molecule has 0 saturated heterocycles. The molecule has 0 N–H and O–H groups in total. The second-order valence-electron chi connectivity index (χ2n) is 5.42. The lowest BCUT2D eigenvalue weighted by molar-refractivity contribution is -0.137. The van der Waals surface area contributed by atoms with Gasteiger partial charge < -0.3 is 4.74 Å². The average Bonchev–Trinajstić information content (AvgIpc) is 2.34. The SMILES string of the molecule is [2H][C@@H](C(=O)SC(C)(C)C)[C@@]([2H])(C)Oc1cccc(C(F)(F)F)c1. The zero-order chi connectivity index (χ0) is 18.1. The summed E-state index contributed by atoms with van der Waals surface area (Å²) in [4.78, 5) is 12.0. The number of carbonyl (C=O) groups excluding carboxylic acids is 1. The molecule has 21 heavy (non-hydrogen) atoms. The lowest BCUT2D eigenvalue weighted by atomic mass is 10.2. The third-order valence-corrected chi connectivity index (χ3v) is 3.10. The Morgan fingerprint density at radius 2 is 2.05 bits per heavy atom. The van der Waals surface area contributed by atoms with Crippen LogP contribution >= 0.6 is 11.8 Å². The van der Waals surface area contributed by atoms with Gasteiger partial charge in [-0.15, -0.1) is 0 Å². The van der Waals surface area contributed by atoms with Crippen molar-refractivity contribution in [1.29, 1.82) is 0 Å².